The number of hydrogen-bond donors (Lipinski definition) is 3. The van der Waals surface area contributed by atoms with E-state index < -0.39 is 0 Å². The second-order valence-corrected chi connectivity index (χ2v) is 5.18. The van der Waals surface area contributed by atoms with Gasteiger partial charge in [0, 0.05) is 12.7 Å². The van der Waals surface area contributed by atoms with Crippen LogP contribution in [0.3, 0.4) is 0 Å². The number of carbonyl (C=O) groups excluding carboxylic acids is 1. The Hall–Kier alpha value is -1.62. The first-order chi connectivity index (χ1) is 8.59. The van der Waals surface area contributed by atoms with Crippen molar-refractivity contribution in [2.24, 2.45) is 5.41 Å². The molecule has 1 aliphatic rings. The van der Waals surface area contributed by atoms with Crippen molar-refractivity contribution in [3.05, 3.63) is 24.0 Å². The summed E-state index contributed by atoms with van der Waals surface area (Å²) < 4.78 is 0. The van der Waals surface area contributed by atoms with Crippen molar-refractivity contribution in [3.63, 3.8) is 0 Å². The van der Waals surface area contributed by atoms with Gasteiger partial charge in [-0.15, -0.1) is 0 Å². The summed E-state index contributed by atoms with van der Waals surface area (Å²) in [5.41, 5.74) is 0.554. The van der Waals surface area contributed by atoms with Gasteiger partial charge in [0.2, 0.25) is 0 Å². The topological polar surface area (TPSA) is 74.2 Å². The van der Waals surface area contributed by atoms with Crippen LogP contribution in [0.25, 0.3) is 0 Å². The van der Waals surface area contributed by atoms with Gasteiger partial charge in [-0.2, -0.15) is 0 Å². The monoisotopic (exact) mass is 249 g/mol. The average Bonchev–Trinajstić information content (AvgIpc) is 2.37. The molecule has 98 valence electrons. The maximum Gasteiger partial charge on any atom is 0.253 e. The van der Waals surface area contributed by atoms with E-state index in [0.29, 0.717) is 12.1 Å². The number of piperidine rings is 1. The average molecular weight is 249 g/mol. The first kappa shape index (κ1) is 12.8. The van der Waals surface area contributed by atoms with Crippen molar-refractivity contribution in [3.8, 4) is 5.75 Å². The number of rotatable bonds is 3. The highest BCUT2D eigenvalue weighted by molar-refractivity contribution is 5.94. The zero-order chi connectivity index (χ0) is 13.0. The van der Waals surface area contributed by atoms with Gasteiger partial charge in [-0.3, -0.25) is 9.78 Å². The van der Waals surface area contributed by atoms with Crippen LogP contribution in [0, 0.1) is 5.41 Å². The fourth-order valence-corrected chi connectivity index (χ4v) is 2.15. The molecule has 0 unspecified atom stereocenters. The van der Waals surface area contributed by atoms with Crippen LogP contribution >= 0.6 is 0 Å². The van der Waals surface area contributed by atoms with Crippen LogP contribution in [0.15, 0.2) is 18.5 Å². The second kappa shape index (κ2) is 5.35. The van der Waals surface area contributed by atoms with Crippen molar-refractivity contribution in [1.82, 2.24) is 15.6 Å². The van der Waals surface area contributed by atoms with E-state index in [2.05, 4.69) is 22.5 Å². The van der Waals surface area contributed by atoms with E-state index in [1.54, 1.807) is 0 Å². The molecule has 5 heteroatoms. The molecule has 3 N–H and O–H groups in total. The molecule has 18 heavy (non-hydrogen) atoms. The lowest BCUT2D eigenvalue weighted by molar-refractivity contribution is 0.0921. The first-order valence-corrected chi connectivity index (χ1v) is 6.22. The minimum absolute atomic E-state index is 0.00993. The molecule has 1 aliphatic heterocycles. The normalized spacial score (nSPS) is 18.3. The number of amides is 1. The van der Waals surface area contributed by atoms with Gasteiger partial charge >= 0.3 is 0 Å². The summed E-state index contributed by atoms with van der Waals surface area (Å²) in [6.07, 6.45) is 4.89. The van der Waals surface area contributed by atoms with Gasteiger partial charge < -0.3 is 15.7 Å². The molecule has 0 atom stereocenters. The van der Waals surface area contributed by atoms with Crippen molar-refractivity contribution >= 4 is 5.91 Å². The molecule has 0 spiro atoms. The minimum atomic E-state index is -0.182. The van der Waals surface area contributed by atoms with E-state index in [4.69, 9.17) is 0 Å². The molecule has 1 aromatic rings. The van der Waals surface area contributed by atoms with E-state index in [1.165, 1.54) is 18.5 Å². The fourth-order valence-electron chi connectivity index (χ4n) is 2.15. The Labute approximate surface area is 107 Å². The molecule has 1 aromatic heterocycles. The predicted octanol–water partition coefficient (Wildman–Crippen LogP) is 0.907. The number of aromatic hydroxyl groups is 1. The molecule has 1 amide bonds. The quantitative estimate of drug-likeness (QED) is 0.744. The summed E-state index contributed by atoms with van der Waals surface area (Å²) >= 11 is 0. The van der Waals surface area contributed by atoms with Gasteiger partial charge in [0.25, 0.3) is 5.91 Å². The summed E-state index contributed by atoms with van der Waals surface area (Å²) in [7, 11) is 0. The van der Waals surface area contributed by atoms with Crippen molar-refractivity contribution in [1.29, 1.82) is 0 Å². The van der Waals surface area contributed by atoms with Gasteiger partial charge in [0.05, 0.1) is 11.8 Å². The minimum Gasteiger partial charge on any atom is -0.506 e. The van der Waals surface area contributed by atoms with Crippen LogP contribution in [-0.2, 0) is 0 Å². The largest absolute Gasteiger partial charge is 0.506 e. The Balaban J connectivity index is 1.92. The highest BCUT2D eigenvalue weighted by Gasteiger charge is 2.27. The number of aromatic nitrogens is 1. The maximum absolute atomic E-state index is 11.9. The molecule has 2 rings (SSSR count). The van der Waals surface area contributed by atoms with Crippen LogP contribution in [-0.4, -0.2) is 35.6 Å². The number of hydrogen-bond acceptors (Lipinski definition) is 4. The third-order valence-corrected chi connectivity index (χ3v) is 3.47. The third-order valence-electron chi connectivity index (χ3n) is 3.47. The SMILES string of the molecule is CC1(CNC(=O)c2cncc(O)c2)CCNCC1. The van der Waals surface area contributed by atoms with Crippen LogP contribution in [0.5, 0.6) is 5.75 Å². The number of nitrogens with one attached hydrogen (secondary N) is 2. The number of nitrogens with zero attached hydrogens (tertiary/aromatic N) is 1. The molecular formula is C13H19N3O2. The summed E-state index contributed by atoms with van der Waals surface area (Å²) in [5.74, 6) is -0.172. The summed E-state index contributed by atoms with van der Waals surface area (Å²) in [6, 6.07) is 1.42. The Morgan fingerprint density at radius 3 is 2.89 bits per heavy atom. The zero-order valence-corrected chi connectivity index (χ0v) is 10.6. The second-order valence-electron chi connectivity index (χ2n) is 5.18. The predicted molar refractivity (Wildman–Crippen MR) is 68.4 cm³/mol. The van der Waals surface area contributed by atoms with E-state index in [0.717, 1.165) is 25.9 Å². The standard InChI is InChI=1S/C13H19N3O2/c1-13(2-4-14-5-3-13)9-16-12(18)10-6-11(17)8-15-7-10/h6-8,14,17H,2-5,9H2,1H3,(H,16,18). The Morgan fingerprint density at radius 1 is 1.50 bits per heavy atom. The molecule has 0 bridgehead atoms. The van der Waals surface area contributed by atoms with Crippen LogP contribution in [0.4, 0.5) is 0 Å². The maximum atomic E-state index is 11.9. The van der Waals surface area contributed by atoms with Gasteiger partial charge in [-0.25, -0.2) is 0 Å². The Bertz CT molecular complexity index is 428. The molecule has 0 radical (unpaired) electrons. The molecule has 0 aliphatic carbocycles. The smallest absolute Gasteiger partial charge is 0.253 e. The van der Waals surface area contributed by atoms with Crippen LogP contribution in [0.1, 0.15) is 30.1 Å². The van der Waals surface area contributed by atoms with Gasteiger partial charge in [-0.1, -0.05) is 6.92 Å². The highest BCUT2D eigenvalue weighted by atomic mass is 16.3. The van der Waals surface area contributed by atoms with Crippen molar-refractivity contribution in [2.75, 3.05) is 19.6 Å². The van der Waals surface area contributed by atoms with E-state index in [9.17, 15) is 9.90 Å². The van der Waals surface area contributed by atoms with E-state index >= 15 is 0 Å². The van der Waals surface area contributed by atoms with Crippen molar-refractivity contribution in [2.45, 2.75) is 19.8 Å². The Kier molecular flexibility index (Phi) is 3.81. The molecule has 0 aromatic carbocycles. The molecule has 5 nitrogen and oxygen atoms in total. The summed E-state index contributed by atoms with van der Waals surface area (Å²) in [4.78, 5) is 15.7. The number of pyridine rings is 1. The lowest BCUT2D eigenvalue weighted by Crippen LogP contribution is -2.42. The van der Waals surface area contributed by atoms with Crippen LogP contribution in [0.2, 0.25) is 0 Å². The first-order valence-electron chi connectivity index (χ1n) is 6.22. The molecule has 1 saturated heterocycles. The fraction of sp³-hybridized carbons (Fsp3) is 0.538. The zero-order valence-electron chi connectivity index (χ0n) is 10.6. The van der Waals surface area contributed by atoms with E-state index in [-0.39, 0.29) is 17.1 Å². The summed E-state index contributed by atoms with van der Waals surface area (Å²) in [6.45, 7) is 4.85. The highest BCUT2D eigenvalue weighted by Crippen LogP contribution is 2.26. The summed E-state index contributed by atoms with van der Waals surface area (Å²) in [5, 5.41) is 15.5. The lowest BCUT2D eigenvalue weighted by atomic mass is 9.81. The lowest BCUT2D eigenvalue weighted by Gasteiger charge is -2.34. The van der Waals surface area contributed by atoms with Gasteiger partial charge in [0.1, 0.15) is 5.75 Å². The van der Waals surface area contributed by atoms with E-state index in [1.807, 2.05) is 0 Å². The Morgan fingerprint density at radius 2 is 2.22 bits per heavy atom. The molecule has 1 fully saturated rings. The molecule has 0 saturated carbocycles. The van der Waals surface area contributed by atoms with Gasteiger partial charge in [-0.05, 0) is 37.4 Å². The van der Waals surface area contributed by atoms with Gasteiger partial charge in [0.15, 0.2) is 0 Å². The van der Waals surface area contributed by atoms with Crippen LogP contribution < -0.4 is 10.6 Å². The molecule has 2 heterocycles. The molecular weight excluding hydrogens is 230 g/mol. The number of carbonyl (C=O) groups is 1. The van der Waals surface area contributed by atoms with Crippen molar-refractivity contribution < 1.29 is 9.90 Å². The third kappa shape index (κ3) is 3.20.